The van der Waals surface area contributed by atoms with Gasteiger partial charge in [0.05, 0.1) is 29.3 Å². The molecule has 0 radical (unpaired) electrons. The summed E-state index contributed by atoms with van der Waals surface area (Å²) in [6.07, 6.45) is -1.09. The van der Waals surface area contributed by atoms with Crippen molar-refractivity contribution < 1.29 is 22.7 Å². The Hall–Kier alpha value is -3.14. The molecule has 33 heavy (non-hydrogen) atoms. The number of benzene rings is 1. The monoisotopic (exact) mass is 461 g/mol. The van der Waals surface area contributed by atoms with Crippen LogP contribution in [-0.4, -0.2) is 52.3 Å². The van der Waals surface area contributed by atoms with Crippen molar-refractivity contribution in [1.82, 2.24) is 19.7 Å². The Bertz CT molecular complexity index is 1150. The van der Waals surface area contributed by atoms with E-state index < -0.39 is 17.6 Å². The number of nitrogens with one attached hydrogen (secondary N) is 1. The van der Waals surface area contributed by atoms with Crippen LogP contribution in [0.25, 0.3) is 11.0 Å². The second-order valence-electron chi connectivity index (χ2n) is 8.23. The lowest BCUT2D eigenvalue weighted by atomic mass is 10.1. The summed E-state index contributed by atoms with van der Waals surface area (Å²) in [6.45, 7) is 5.95. The number of halogens is 3. The van der Waals surface area contributed by atoms with Gasteiger partial charge in [-0.05, 0) is 71.1 Å². The molecule has 1 aromatic carbocycles. The molecule has 1 aliphatic heterocycles. The van der Waals surface area contributed by atoms with Gasteiger partial charge in [-0.2, -0.15) is 18.3 Å². The van der Waals surface area contributed by atoms with Gasteiger partial charge < -0.3 is 15.0 Å². The van der Waals surface area contributed by atoms with E-state index in [0.717, 1.165) is 38.1 Å². The molecule has 1 aliphatic rings. The number of anilines is 1. The first-order valence-corrected chi connectivity index (χ1v) is 10.9. The summed E-state index contributed by atoms with van der Waals surface area (Å²) < 4.78 is 46.2. The van der Waals surface area contributed by atoms with Gasteiger partial charge in [0.15, 0.2) is 5.65 Å². The lowest BCUT2D eigenvalue weighted by Crippen LogP contribution is -2.32. The van der Waals surface area contributed by atoms with Crippen LogP contribution in [0.1, 0.15) is 47.4 Å². The highest BCUT2D eigenvalue weighted by atomic mass is 19.4. The van der Waals surface area contributed by atoms with Crippen molar-refractivity contribution >= 4 is 22.6 Å². The first-order valence-electron chi connectivity index (χ1n) is 10.9. The molecule has 1 saturated heterocycles. The van der Waals surface area contributed by atoms with Crippen LogP contribution in [0.2, 0.25) is 0 Å². The van der Waals surface area contributed by atoms with Crippen molar-refractivity contribution in [2.24, 2.45) is 0 Å². The third kappa shape index (κ3) is 4.66. The fraction of sp³-hybridized carbons (Fsp3) is 0.435. The number of hydrogen-bond donors (Lipinski definition) is 1. The van der Waals surface area contributed by atoms with Gasteiger partial charge in [-0.25, -0.2) is 9.67 Å². The number of carbonyl (C=O) groups is 1. The SMILES string of the molecule is CCOc1c(C(=O)Nc2ccc(C(F)(F)F)cc2)cnc2c1c(C)nn2C1CCN(C)CC1. The average molecular weight is 461 g/mol. The first kappa shape index (κ1) is 23.0. The molecule has 0 atom stereocenters. The van der Waals surface area contributed by atoms with E-state index in [-0.39, 0.29) is 17.3 Å². The molecule has 4 rings (SSSR count). The van der Waals surface area contributed by atoms with Crippen LogP contribution >= 0.6 is 0 Å². The third-order valence-electron chi connectivity index (χ3n) is 5.89. The lowest BCUT2D eigenvalue weighted by Gasteiger charge is -2.29. The maximum atomic E-state index is 13.0. The molecule has 2 aromatic heterocycles. The summed E-state index contributed by atoms with van der Waals surface area (Å²) in [5.74, 6) is -0.136. The molecule has 0 saturated carbocycles. The van der Waals surface area contributed by atoms with Gasteiger partial charge in [-0.1, -0.05) is 0 Å². The minimum absolute atomic E-state index is 0.204. The topological polar surface area (TPSA) is 72.3 Å². The average Bonchev–Trinajstić information content (AvgIpc) is 3.11. The largest absolute Gasteiger partial charge is 0.492 e. The Morgan fingerprint density at radius 3 is 2.48 bits per heavy atom. The number of hydrogen-bond acceptors (Lipinski definition) is 5. The lowest BCUT2D eigenvalue weighted by molar-refractivity contribution is -0.137. The molecule has 3 heterocycles. The molecule has 10 heteroatoms. The van der Waals surface area contributed by atoms with Crippen molar-refractivity contribution in [3.8, 4) is 5.75 Å². The summed E-state index contributed by atoms with van der Waals surface area (Å²) >= 11 is 0. The van der Waals surface area contributed by atoms with E-state index in [1.54, 1.807) is 0 Å². The van der Waals surface area contributed by atoms with Crippen LogP contribution < -0.4 is 10.1 Å². The summed E-state index contributed by atoms with van der Waals surface area (Å²) in [5, 5.41) is 8.03. The smallest absolute Gasteiger partial charge is 0.416 e. The number of nitrogens with zero attached hydrogens (tertiary/aromatic N) is 4. The molecule has 0 aliphatic carbocycles. The Kier molecular flexibility index (Phi) is 6.29. The number of aromatic nitrogens is 3. The minimum Gasteiger partial charge on any atom is -0.492 e. The Labute approximate surface area is 189 Å². The standard InChI is InChI=1S/C23H26F3N5O2/c1-4-33-20-18(22(32)28-16-7-5-15(6-8-16)23(24,25)26)13-27-21-19(20)14(2)29-31(21)17-9-11-30(3)12-10-17/h5-8,13,17H,4,9-12H2,1-3H3,(H,28,32). The van der Waals surface area contributed by atoms with Gasteiger partial charge in [0.2, 0.25) is 0 Å². The van der Waals surface area contributed by atoms with E-state index in [1.807, 2.05) is 18.5 Å². The van der Waals surface area contributed by atoms with Crippen molar-refractivity contribution in [2.45, 2.75) is 38.9 Å². The van der Waals surface area contributed by atoms with Crippen LogP contribution in [0.3, 0.4) is 0 Å². The van der Waals surface area contributed by atoms with Gasteiger partial charge in [-0.15, -0.1) is 0 Å². The van der Waals surface area contributed by atoms with Crippen LogP contribution in [0.5, 0.6) is 5.75 Å². The predicted octanol–water partition coefficient (Wildman–Crippen LogP) is 4.68. The van der Waals surface area contributed by atoms with E-state index >= 15 is 0 Å². The van der Waals surface area contributed by atoms with E-state index in [9.17, 15) is 18.0 Å². The van der Waals surface area contributed by atoms with Gasteiger partial charge in [-0.3, -0.25) is 4.79 Å². The molecular weight excluding hydrogens is 435 g/mol. The zero-order valence-electron chi connectivity index (χ0n) is 18.7. The van der Waals surface area contributed by atoms with Crippen LogP contribution in [-0.2, 0) is 6.18 Å². The summed E-state index contributed by atoms with van der Waals surface area (Å²) in [5.41, 5.74) is 1.04. The zero-order valence-corrected chi connectivity index (χ0v) is 18.7. The molecule has 0 spiro atoms. The number of pyridine rings is 1. The quantitative estimate of drug-likeness (QED) is 0.598. The van der Waals surface area contributed by atoms with Crippen molar-refractivity contribution in [3.05, 3.63) is 47.3 Å². The Morgan fingerprint density at radius 1 is 1.21 bits per heavy atom. The molecule has 1 fully saturated rings. The zero-order chi connectivity index (χ0) is 23.8. The number of aryl methyl sites for hydroxylation is 1. The fourth-order valence-corrected chi connectivity index (χ4v) is 4.13. The number of piperidine rings is 1. The second kappa shape index (κ2) is 9.01. The number of alkyl halides is 3. The van der Waals surface area contributed by atoms with Crippen LogP contribution in [0, 0.1) is 6.92 Å². The summed E-state index contributed by atoms with van der Waals surface area (Å²) in [6, 6.07) is 4.51. The van der Waals surface area contributed by atoms with Crippen molar-refractivity contribution in [1.29, 1.82) is 0 Å². The maximum absolute atomic E-state index is 13.0. The molecule has 0 bridgehead atoms. The van der Waals surface area contributed by atoms with E-state index in [1.165, 1.54) is 18.3 Å². The highest BCUT2D eigenvalue weighted by Gasteiger charge is 2.30. The second-order valence-corrected chi connectivity index (χ2v) is 8.23. The fourth-order valence-electron chi connectivity index (χ4n) is 4.13. The van der Waals surface area contributed by atoms with Crippen LogP contribution in [0.15, 0.2) is 30.5 Å². The molecule has 7 nitrogen and oxygen atoms in total. The first-order chi connectivity index (χ1) is 15.7. The van der Waals surface area contributed by atoms with Gasteiger partial charge >= 0.3 is 6.18 Å². The van der Waals surface area contributed by atoms with Crippen molar-refractivity contribution in [2.75, 3.05) is 32.1 Å². The molecule has 1 amide bonds. The number of likely N-dealkylation sites (tertiary alicyclic amines) is 1. The number of ether oxygens (including phenoxy) is 1. The van der Waals surface area contributed by atoms with Gasteiger partial charge in [0.1, 0.15) is 11.3 Å². The number of rotatable bonds is 5. The molecule has 176 valence electrons. The van der Waals surface area contributed by atoms with E-state index in [0.29, 0.717) is 29.1 Å². The third-order valence-corrected chi connectivity index (χ3v) is 5.89. The Morgan fingerprint density at radius 2 is 1.88 bits per heavy atom. The molecular formula is C23H26F3N5O2. The highest BCUT2D eigenvalue weighted by molar-refractivity contribution is 6.09. The van der Waals surface area contributed by atoms with Gasteiger partial charge in [0, 0.05) is 11.9 Å². The van der Waals surface area contributed by atoms with E-state index in [2.05, 4.69) is 22.2 Å². The highest BCUT2D eigenvalue weighted by Crippen LogP contribution is 2.35. The summed E-state index contributed by atoms with van der Waals surface area (Å²) in [7, 11) is 2.09. The number of amides is 1. The van der Waals surface area contributed by atoms with Gasteiger partial charge in [0.25, 0.3) is 5.91 Å². The Balaban J connectivity index is 1.67. The minimum atomic E-state index is -4.44. The molecule has 1 N–H and O–H groups in total. The molecule has 0 unspecified atom stereocenters. The predicted molar refractivity (Wildman–Crippen MR) is 119 cm³/mol. The molecule has 3 aromatic rings. The summed E-state index contributed by atoms with van der Waals surface area (Å²) in [4.78, 5) is 19.8. The maximum Gasteiger partial charge on any atom is 0.416 e. The van der Waals surface area contributed by atoms with Crippen LogP contribution in [0.4, 0.5) is 18.9 Å². The normalized spacial score (nSPS) is 15.7. The van der Waals surface area contributed by atoms with Crippen molar-refractivity contribution in [3.63, 3.8) is 0 Å². The number of fused-ring (bicyclic) bond motifs is 1. The van der Waals surface area contributed by atoms with E-state index in [4.69, 9.17) is 9.84 Å². The number of carbonyl (C=O) groups excluding carboxylic acids is 1.